The summed E-state index contributed by atoms with van der Waals surface area (Å²) in [5.74, 6) is -2.55. The summed E-state index contributed by atoms with van der Waals surface area (Å²) in [7, 11) is 0. The molecule has 1 rings (SSSR count). The number of rotatable bonds is 14. The number of hydrogen-bond donors (Lipinski definition) is 2. The molecule has 1 aromatic carbocycles. The summed E-state index contributed by atoms with van der Waals surface area (Å²) in [6.07, 6.45) is 11.5. The van der Waals surface area contributed by atoms with E-state index in [1.165, 1.54) is 38.5 Å². The van der Waals surface area contributed by atoms with Crippen LogP contribution in [0.2, 0.25) is 0 Å². The van der Waals surface area contributed by atoms with Crippen molar-refractivity contribution in [2.24, 2.45) is 0 Å². The van der Waals surface area contributed by atoms with Crippen LogP contribution in [0.3, 0.4) is 0 Å². The van der Waals surface area contributed by atoms with E-state index in [0.29, 0.717) is 12.0 Å². The van der Waals surface area contributed by atoms with Gasteiger partial charge in [-0.25, -0.2) is 0 Å². The molecule has 0 radical (unpaired) electrons. The molecule has 0 aliphatic heterocycles. The molecule has 4 nitrogen and oxygen atoms in total. The van der Waals surface area contributed by atoms with Gasteiger partial charge in [-0.2, -0.15) is 0 Å². The number of benzene rings is 1. The summed E-state index contributed by atoms with van der Waals surface area (Å²) in [6, 6.07) is 8.33. The SMILES string of the molecule is CCCCCCCCCCCCC(C(=O)O)(C(=O)O)c1ccccc1.[NaH]. The summed E-state index contributed by atoms with van der Waals surface area (Å²) >= 11 is 0. The van der Waals surface area contributed by atoms with E-state index >= 15 is 0 Å². The van der Waals surface area contributed by atoms with Gasteiger partial charge in [-0.3, -0.25) is 9.59 Å². The van der Waals surface area contributed by atoms with Crippen LogP contribution in [-0.2, 0) is 15.0 Å². The van der Waals surface area contributed by atoms with Crippen molar-refractivity contribution in [1.29, 1.82) is 0 Å². The first kappa shape index (κ1) is 25.2. The first-order valence-corrected chi connectivity index (χ1v) is 9.58. The number of hydrogen-bond acceptors (Lipinski definition) is 2. The summed E-state index contributed by atoms with van der Waals surface area (Å²) in [5.41, 5.74) is -1.48. The molecule has 142 valence electrons. The number of carboxylic acids is 2. The van der Waals surface area contributed by atoms with Gasteiger partial charge in [0.25, 0.3) is 0 Å². The fourth-order valence-electron chi connectivity index (χ4n) is 3.30. The molecule has 26 heavy (non-hydrogen) atoms. The van der Waals surface area contributed by atoms with Crippen molar-refractivity contribution in [3.63, 3.8) is 0 Å². The normalized spacial score (nSPS) is 11.0. The molecule has 0 saturated carbocycles. The molecule has 2 N–H and O–H groups in total. The van der Waals surface area contributed by atoms with Gasteiger partial charge < -0.3 is 10.2 Å². The van der Waals surface area contributed by atoms with Gasteiger partial charge in [0.2, 0.25) is 0 Å². The van der Waals surface area contributed by atoms with E-state index in [2.05, 4.69) is 6.92 Å². The van der Waals surface area contributed by atoms with Crippen molar-refractivity contribution in [3.8, 4) is 0 Å². The predicted molar refractivity (Wildman–Crippen MR) is 107 cm³/mol. The van der Waals surface area contributed by atoms with Crippen molar-refractivity contribution < 1.29 is 19.8 Å². The van der Waals surface area contributed by atoms with Crippen LogP contribution < -0.4 is 0 Å². The van der Waals surface area contributed by atoms with Crippen LogP contribution in [0.5, 0.6) is 0 Å². The van der Waals surface area contributed by atoms with E-state index in [0.717, 1.165) is 19.3 Å². The quantitative estimate of drug-likeness (QED) is 0.281. The van der Waals surface area contributed by atoms with E-state index in [1.807, 2.05) is 0 Å². The standard InChI is InChI=1S/C21H32O4.Na.H/c1-2-3-4-5-6-7-8-9-10-14-17-21(19(22)23,20(24)25)18-15-12-11-13-16-18;;/h11-13,15-16H,2-10,14,17H2,1H3,(H,22,23)(H,24,25);;. The third-order valence-electron chi connectivity index (χ3n) is 4.90. The molecular formula is C21H33NaO4. The van der Waals surface area contributed by atoms with Gasteiger partial charge in [0.15, 0.2) is 5.41 Å². The first-order valence-electron chi connectivity index (χ1n) is 9.58. The van der Waals surface area contributed by atoms with E-state index in [-0.39, 0.29) is 36.0 Å². The molecule has 0 amide bonds. The zero-order valence-electron chi connectivity index (χ0n) is 15.4. The van der Waals surface area contributed by atoms with Crippen LogP contribution in [0.15, 0.2) is 30.3 Å². The monoisotopic (exact) mass is 372 g/mol. The summed E-state index contributed by atoms with van der Waals surface area (Å²) in [5, 5.41) is 19.2. The van der Waals surface area contributed by atoms with Gasteiger partial charge in [-0.1, -0.05) is 101 Å². The van der Waals surface area contributed by atoms with Crippen LogP contribution in [0.4, 0.5) is 0 Å². The van der Waals surface area contributed by atoms with Crippen molar-refractivity contribution >= 4 is 41.5 Å². The molecule has 0 aliphatic rings. The Morgan fingerprint density at radius 3 is 1.62 bits per heavy atom. The summed E-state index contributed by atoms with van der Waals surface area (Å²) in [6.45, 7) is 2.21. The summed E-state index contributed by atoms with van der Waals surface area (Å²) in [4.78, 5) is 23.5. The van der Waals surface area contributed by atoms with E-state index in [1.54, 1.807) is 30.3 Å². The maximum absolute atomic E-state index is 11.8. The fraction of sp³-hybridized carbons (Fsp3) is 0.619. The average molecular weight is 372 g/mol. The minimum absolute atomic E-state index is 0. The summed E-state index contributed by atoms with van der Waals surface area (Å²) < 4.78 is 0. The number of unbranched alkanes of at least 4 members (excludes halogenated alkanes) is 9. The number of carboxylic acid groups (broad SMARTS) is 2. The molecule has 0 unspecified atom stereocenters. The van der Waals surface area contributed by atoms with Crippen molar-refractivity contribution in [1.82, 2.24) is 0 Å². The molecule has 0 bridgehead atoms. The van der Waals surface area contributed by atoms with Gasteiger partial charge in [-0.05, 0) is 12.0 Å². The molecule has 5 heteroatoms. The molecule has 0 aliphatic carbocycles. The van der Waals surface area contributed by atoms with Gasteiger partial charge >= 0.3 is 41.5 Å². The van der Waals surface area contributed by atoms with E-state index < -0.39 is 17.4 Å². The Morgan fingerprint density at radius 2 is 1.19 bits per heavy atom. The fourth-order valence-corrected chi connectivity index (χ4v) is 3.30. The Labute approximate surface area is 179 Å². The zero-order chi connectivity index (χ0) is 18.5. The van der Waals surface area contributed by atoms with Crippen LogP contribution in [0.25, 0.3) is 0 Å². The van der Waals surface area contributed by atoms with Crippen molar-refractivity contribution in [2.45, 2.75) is 83.0 Å². The molecule has 0 heterocycles. The molecule has 0 fully saturated rings. The van der Waals surface area contributed by atoms with Gasteiger partial charge in [0.05, 0.1) is 0 Å². The van der Waals surface area contributed by atoms with Crippen LogP contribution in [0.1, 0.15) is 83.1 Å². The van der Waals surface area contributed by atoms with Crippen LogP contribution in [0, 0.1) is 0 Å². The van der Waals surface area contributed by atoms with Crippen LogP contribution in [-0.4, -0.2) is 51.7 Å². The maximum atomic E-state index is 11.8. The van der Waals surface area contributed by atoms with Gasteiger partial charge in [-0.15, -0.1) is 0 Å². The molecular weight excluding hydrogens is 339 g/mol. The van der Waals surface area contributed by atoms with Crippen LogP contribution >= 0.6 is 0 Å². The van der Waals surface area contributed by atoms with Crippen molar-refractivity contribution in [2.75, 3.05) is 0 Å². The molecule has 0 aromatic heterocycles. The molecule has 0 saturated heterocycles. The molecule has 0 atom stereocenters. The van der Waals surface area contributed by atoms with Gasteiger partial charge in [0.1, 0.15) is 0 Å². The van der Waals surface area contributed by atoms with Gasteiger partial charge in [0, 0.05) is 0 Å². The second-order valence-corrected chi connectivity index (χ2v) is 6.81. The Balaban J connectivity index is 0.00000625. The molecule has 1 aromatic rings. The second-order valence-electron chi connectivity index (χ2n) is 6.81. The first-order chi connectivity index (χ1) is 12.1. The third kappa shape index (κ3) is 7.81. The second kappa shape index (κ2) is 14.2. The minimum atomic E-state index is -1.83. The molecule has 0 spiro atoms. The Hall–Kier alpha value is -0.840. The third-order valence-corrected chi connectivity index (χ3v) is 4.90. The zero-order valence-corrected chi connectivity index (χ0v) is 15.4. The predicted octanol–water partition coefficient (Wildman–Crippen LogP) is 4.76. The topological polar surface area (TPSA) is 74.6 Å². The Bertz CT molecular complexity index is 502. The Morgan fingerprint density at radius 1 is 0.769 bits per heavy atom. The Kier molecular flexibility index (Phi) is 13.8. The number of aliphatic carboxylic acids is 2. The van der Waals surface area contributed by atoms with E-state index in [4.69, 9.17) is 0 Å². The van der Waals surface area contributed by atoms with E-state index in [9.17, 15) is 19.8 Å². The number of carbonyl (C=O) groups is 2. The average Bonchev–Trinajstić information content (AvgIpc) is 2.60. The van der Waals surface area contributed by atoms with Crippen molar-refractivity contribution in [3.05, 3.63) is 35.9 Å².